The van der Waals surface area contributed by atoms with Gasteiger partial charge in [0.1, 0.15) is 6.54 Å². The van der Waals surface area contributed by atoms with Crippen LogP contribution in [-0.2, 0) is 25.5 Å². The number of amides is 1. The Morgan fingerprint density at radius 2 is 1.77 bits per heavy atom. The summed E-state index contributed by atoms with van der Waals surface area (Å²) in [5.74, 6) is -1.66. The summed E-state index contributed by atoms with van der Waals surface area (Å²) in [5, 5.41) is 12.0. The molecule has 1 aromatic carbocycles. The standard InChI is InChI=1S/C17H25N2O8PS.C8H10.C2H6/c1-4-25-12(20)6-5-10(2)26-13(21)9-19-16(22)14-15(27-17(23)28-29)11(24-3)7-8-18-14;1-2-8-6-4-3-5-7-8;1-2/h7-8,10,17,23,28-29H,4-6,9H2,1-3H3,(H,19,22);3-7H,2H2,1H3;1-2H3. The maximum absolute atomic E-state index is 12.4. The van der Waals surface area contributed by atoms with E-state index >= 15 is 0 Å². The van der Waals surface area contributed by atoms with Crippen LogP contribution in [0.3, 0.4) is 0 Å². The molecule has 0 saturated carbocycles. The molecule has 2 rings (SSSR count). The monoisotopic (exact) mass is 584 g/mol. The number of carbonyl (C=O) groups is 3. The Labute approximate surface area is 238 Å². The van der Waals surface area contributed by atoms with Crippen molar-refractivity contribution in [3.05, 3.63) is 53.9 Å². The number of aliphatic hydroxyl groups excluding tert-OH is 1. The lowest BCUT2D eigenvalue weighted by atomic mass is 10.2. The molecule has 0 saturated heterocycles. The molecule has 1 heterocycles. The summed E-state index contributed by atoms with van der Waals surface area (Å²) in [6.07, 6.45) is 2.37. The van der Waals surface area contributed by atoms with Crippen molar-refractivity contribution >= 4 is 37.9 Å². The van der Waals surface area contributed by atoms with Crippen LogP contribution >= 0.6 is 20.0 Å². The molecule has 1 amide bonds. The summed E-state index contributed by atoms with van der Waals surface area (Å²) >= 11 is 3.94. The third-order valence-electron chi connectivity index (χ3n) is 4.68. The molecule has 2 N–H and O–H groups in total. The number of aliphatic hydroxyl groups is 1. The number of methoxy groups -OCH3 is 1. The van der Waals surface area contributed by atoms with Gasteiger partial charge < -0.3 is 29.4 Å². The molecule has 3 atom stereocenters. The number of pyridine rings is 1. The molecule has 1 aromatic heterocycles. The molecule has 0 fully saturated rings. The number of nitrogens with one attached hydrogen (secondary N) is 1. The molecular formula is C27H41N2O8PS. The lowest BCUT2D eigenvalue weighted by molar-refractivity contribution is -0.150. The molecule has 12 heteroatoms. The fourth-order valence-electron chi connectivity index (χ4n) is 2.83. The first kappa shape index (κ1) is 36.1. The van der Waals surface area contributed by atoms with Gasteiger partial charge in [0, 0.05) is 26.5 Å². The molecule has 2 aromatic rings. The van der Waals surface area contributed by atoms with Gasteiger partial charge in [-0.1, -0.05) is 51.1 Å². The van der Waals surface area contributed by atoms with Gasteiger partial charge in [0.2, 0.25) is 6.03 Å². The second-order valence-electron chi connectivity index (χ2n) is 7.46. The average molecular weight is 585 g/mol. The van der Waals surface area contributed by atoms with Crippen LogP contribution < -0.4 is 14.8 Å². The maximum Gasteiger partial charge on any atom is 0.325 e. The molecule has 0 radical (unpaired) electrons. The number of esters is 2. The highest BCUT2D eigenvalue weighted by molar-refractivity contribution is 8.38. The first-order valence-corrected chi connectivity index (χ1v) is 15.1. The SMILES string of the molecule is CC.CCOC(=O)CCC(C)OC(=O)CNC(=O)c1nccc(OC)c1OC(O)PS.CCc1ccccc1. The number of thiol groups is 1. The van der Waals surface area contributed by atoms with Gasteiger partial charge in [-0.3, -0.25) is 14.4 Å². The van der Waals surface area contributed by atoms with Crippen LogP contribution in [0.1, 0.15) is 63.5 Å². The molecule has 218 valence electrons. The van der Waals surface area contributed by atoms with Crippen LogP contribution in [0.2, 0.25) is 0 Å². The number of aryl methyl sites for hydroxylation is 1. The van der Waals surface area contributed by atoms with E-state index in [1.54, 1.807) is 13.8 Å². The summed E-state index contributed by atoms with van der Waals surface area (Å²) in [4.78, 5) is 39.6. The minimum Gasteiger partial charge on any atom is -0.493 e. The van der Waals surface area contributed by atoms with Gasteiger partial charge >= 0.3 is 11.9 Å². The Morgan fingerprint density at radius 3 is 2.31 bits per heavy atom. The number of aromatic nitrogens is 1. The zero-order valence-electron chi connectivity index (χ0n) is 23.4. The van der Waals surface area contributed by atoms with Gasteiger partial charge in [0.25, 0.3) is 5.91 Å². The second-order valence-corrected chi connectivity index (χ2v) is 8.98. The predicted octanol–water partition coefficient (Wildman–Crippen LogP) is 4.55. The zero-order valence-corrected chi connectivity index (χ0v) is 25.3. The maximum atomic E-state index is 12.4. The summed E-state index contributed by atoms with van der Waals surface area (Å²) in [5.41, 5.74) is 1.24. The van der Waals surface area contributed by atoms with Gasteiger partial charge in [-0.2, -0.15) is 0 Å². The summed E-state index contributed by atoms with van der Waals surface area (Å²) in [7, 11) is 1.11. The van der Waals surface area contributed by atoms with Gasteiger partial charge in [0.05, 0.1) is 19.8 Å². The first-order valence-electron chi connectivity index (χ1n) is 12.7. The molecule has 0 aliphatic carbocycles. The van der Waals surface area contributed by atoms with Crippen molar-refractivity contribution in [3.8, 4) is 11.5 Å². The third-order valence-corrected chi connectivity index (χ3v) is 5.68. The summed E-state index contributed by atoms with van der Waals surface area (Å²) in [6, 6.07) is 10.7. The Kier molecular flexibility index (Phi) is 20.4. The molecule has 0 aliphatic heterocycles. The lowest BCUT2D eigenvalue weighted by Gasteiger charge is -2.17. The quantitative estimate of drug-likeness (QED) is 0.134. The highest BCUT2D eigenvalue weighted by Crippen LogP contribution is 2.33. The number of rotatable bonds is 13. The highest BCUT2D eigenvalue weighted by atomic mass is 32.7. The van der Waals surface area contributed by atoms with Crippen molar-refractivity contribution in [2.45, 2.75) is 66.0 Å². The van der Waals surface area contributed by atoms with Gasteiger partial charge in [-0.15, -0.1) is 12.2 Å². The van der Waals surface area contributed by atoms with Crippen molar-refractivity contribution in [1.29, 1.82) is 0 Å². The van der Waals surface area contributed by atoms with Crippen molar-refractivity contribution in [1.82, 2.24) is 10.3 Å². The van der Waals surface area contributed by atoms with Crippen molar-refractivity contribution < 1.29 is 38.4 Å². The third kappa shape index (κ3) is 15.3. The molecule has 10 nitrogen and oxygen atoms in total. The normalized spacial score (nSPS) is 11.6. The number of carbonyl (C=O) groups excluding carboxylic acids is 3. The second kappa shape index (κ2) is 22.0. The molecular weight excluding hydrogens is 543 g/mol. The van der Waals surface area contributed by atoms with Crippen LogP contribution in [0.5, 0.6) is 11.5 Å². The Bertz CT molecular complexity index is 982. The zero-order chi connectivity index (χ0) is 29.6. The minimum absolute atomic E-state index is 0.0716. The van der Waals surface area contributed by atoms with E-state index in [4.69, 9.17) is 18.9 Å². The van der Waals surface area contributed by atoms with E-state index in [1.165, 1.54) is 24.9 Å². The minimum atomic E-state index is -1.26. The van der Waals surface area contributed by atoms with Crippen LogP contribution in [0.25, 0.3) is 0 Å². The molecule has 0 spiro atoms. The van der Waals surface area contributed by atoms with E-state index in [0.717, 1.165) is 6.42 Å². The average Bonchev–Trinajstić information content (AvgIpc) is 2.96. The van der Waals surface area contributed by atoms with Crippen LogP contribution in [-0.4, -0.2) is 60.3 Å². The number of ether oxygens (including phenoxy) is 4. The topological polar surface area (TPSA) is 133 Å². The van der Waals surface area contributed by atoms with Crippen molar-refractivity contribution in [3.63, 3.8) is 0 Å². The van der Waals surface area contributed by atoms with Crippen LogP contribution in [0.4, 0.5) is 0 Å². The van der Waals surface area contributed by atoms with Crippen LogP contribution in [0, 0.1) is 0 Å². The van der Waals surface area contributed by atoms with E-state index in [0.29, 0.717) is 6.42 Å². The number of hydrogen-bond acceptors (Lipinski definition) is 10. The van der Waals surface area contributed by atoms with Gasteiger partial charge in [-0.25, -0.2) is 4.98 Å². The number of nitrogens with zero attached hydrogens (tertiary/aromatic N) is 1. The first-order chi connectivity index (χ1) is 18.7. The lowest BCUT2D eigenvalue weighted by Crippen LogP contribution is -2.33. The predicted molar refractivity (Wildman–Crippen MR) is 156 cm³/mol. The van der Waals surface area contributed by atoms with Gasteiger partial charge in [0.15, 0.2) is 17.2 Å². The van der Waals surface area contributed by atoms with Crippen molar-refractivity contribution in [2.75, 3.05) is 20.3 Å². The largest absolute Gasteiger partial charge is 0.493 e. The molecule has 3 unspecified atom stereocenters. The van der Waals surface area contributed by atoms with Crippen molar-refractivity contribution in [2.24, 2.45) is 0 Å². The van der Waals surface area contributed by atoms with E-state index in [2.05, 4.69) is 53.7 Å². The van der Waals surface area contributed by atoms with E-state index in [-0.39, 0.29) is 44.0 Å². The molecule has 0 bridgehead atoms. The van der Waals surface area contributed by atoms with E-state index in [9.17, 15) is 19.5 Å². The molecule has 39 heavy (non-hydrogen) atoms. The smallest absolute Gasteiger partial charge is 0.325 e. The number of benzene rings is 1. The van der Waals surface area contributed by atoms with E-state index in [1.807, 2.05) is 19.9 Å². The summed E-state index contributed by atoms with van der Waals surface area (Å²) in [6.45, 7) is 9.37. The number of hydrogen-bond donors (Lipinski definition) is 3. The Balaban J connectivity index is 0.00000121. The van der Waals surface area contributed by atoms with E-state index < -0.39 is 30.6 Å². The Hall–Kier alpha value is -2.88. The van der Waals surface area contributed by atoms with Crippen LogP contribution in [0.15, 0.2) is 42.6 Å². The fourth-order valence-corrected chi connectivity index (χ4v) is 3.16. The Morgan fingerprint density at radius 1 is 1.10 bits per heavy atom. The highest BCUT2D eigenvalue weighted by Gasteiger charge is 2.22. The fraction of sp³-hybridized carbons (Fsp3) is 0.481. The summed E-state index contributed by atoms with van der Waals surface area (Å²) < 4.78 is 20.3. The molecule has 0 aliphatic rings. The van der Waals surface area contributed by atoms with Gasteiger partial charge in [-0.05, 0) is 32.3 Å².